The standard InChI is InChI=1S/C22H25N3O5S/c1-14-6-3-4-7-16(14)12-23-22(27)18-8-5-9-25(18)31(28,29)20-11-19-17(10-15(20)2)24-21(26)13-30-19/h3-4,6-7,10-11,18H,5,8-9,12-13H2,1-2H3,(H,23,27)(H,24,26)/t18-/m0/s1. The quantitative estimate of drug-likeness (QED) is 0.736. The molecule has 0 bridgehead atoms. The van der Waals surface area contributed by atoms with Gasteiger partial charge < -0.3 is 15.4 Å². The minimum Gasteiger partial charge on any atom is -0.482 e. The zero-order valence-electron chi connectivity index (χ0n) is 17.5. The molecule has 2 amide bonds. The maximum Gasteiger partial charge on any atom is 0.262 e. The van der Waals surface area contributed by atoms with Gasteiger partial charge in [0, 0.05) is 19.2 Å². The number of nitrogens with one attached hydrogen (secondary N) is 2. The molecular weight excluding hydrogens is 418 g/mol. The maximum absolute atomic E-state index is 13.5. The van der Waals surface area contributed by atoms with E-state index in [1.165, 1.54) is 10.4 Å². The van der Waals surface area contributed by atoms with Gasteiger partial charge in [0.1, 0.15) is 11.8 Å². The zero-order chi connectivity index (χ0) is 22.2. The van der Waals surface area contributed by atoms with Crippen molar-refractivity contribution in [1.29, 1.82) is 0 Å². The van der Waals surface area contributed by atoms with E-state index in [0.717, 1.165) is 11.1 Å². The number of benzene rings is 2. The molecule has 2 aliphatic heterocycles. The summed E-state index contributed by atoms with van der Waals surface area (Å²) >= 11 is 0. The van der Waals surface area contributed by atoms with E-state index in [9.17, 15) is 18.0 Å². The Kier molecular flexibility index (Phi) is 5.72. The first-order valence-corrected chi connectivity index (χ1v) is 11.6. The number of carbonyl (C=O) groups is 2. The number of sulfonamides is 1. The van der Waals surface area contributed by atoms with Crippen molar-refractivity contribution in [2.24, 2.45) is 0 Å². The second-order valence-corrected chi connectivity index (χ2v) is 9.73. The van der Waals surface area contributed by atoms with E-state index in [1.807, 2.05) is 31.2 Å². The molecule has 1 fully saturated rings. The molecule has 0 saturated carbocycles. The second-order valence-electron chi connectivity index (χ2n) is 7.87. The second kappa shape index (κ2) is 8.32. The van der Waals surface area contributed by atoms with E-state index in [2.05, 4.69) is 10.6 Å². The van der Waals surface area contributed by atoms with Crippen LogP contribution < -0.4 is 15.4 Å². The van der Waals surface area contributed by atoms with Crippen LogP contribution in [0.15, 0.2) is 41.3 Å². The van der Waals surface area contributed by atoms with Gasteiger partial charge in [-0.05, 0) is 49.4 Å². The molecule has 2 aromatic carbocycles. The molecule has 0 radical (unpaired) electrons. The Labute approximate surface area is 181 Å². The first-order chi connectivity index (χ1) is 14.8. The molecular formula is C22H25N3O5S. The molecule has 2 aliphatic rings. The number of hydrogen-bond donors (Lipinski definition) is 2. The number of amides is 2. The van der Waals surface area contributed by atoms with Gasteiger partial charge in [-0.25, -0.2) is 8.42 Å². The summed E-state index contributed by atoms with van der Waals surface area (Å²) in [6.45, 7) is 4.10. The maximum atomic E-state index is 13.5. The first kappa shape index (κ1) is 21.3. The predicted molar refractivity (Wildman–Crippen MR) is 115 cm³/mol. The third-order valence-corrected chi connectivity index (χ3v) is 7.77. The van der Waals surface area contributed by atoms with E-state index in [0.29, 0.717) is 36.4 Å². The highest BCUT2D eigenvalue weighted by Gasteiger charge is 2.40. The Hall–Kier alpha value is -2.91. The van der Waals surface area contributed by atoms with Crippen LogP contribution in [0.2, 0.25) is 0 Å². The van der Waals surface area contributed by atoms with Crippen molar-refractivity contribution in [2.45, 2.75) is 44.2 Å². The molecule has 9 heteroatoms. The average Bonchev–Trinajstić information content (AvgIpc) is 3.23. The number of ether oxygens (including phenoxy) is 1. The monoisotopic (exact) mass is 443 g/mol. The summed E-state index contributed by atoms with van der Waals surface area (Å²) in [5.74, 6) is -0.278. The molecule has 0 unspecified atom stereocenters. The highest BCUT2D eigenvalue weighted by atomic mass is 32.2. The van der Waals surface area contributed by atoms with Crippen LogP contribution in [0.5, 0.6) is 5.75 Å². The molecule has 2 aromatic rings. The fraction of sp³-hybridized carbons (Fsp3) is 0.364. The summed E-state index contributed by atoms with van der Waals surface area (Å²) < 4.78 is 33.6. The molecule has 0 aromatic heterocycles. The lowest BCUT2D eigenvalue weighted by Gasteiger charge is -2.26. The number of fused-ring (bicyclic) bond motifs is 1. The fourth-order valence-corrected chi connectivity index (χ4v) is 5.90. The first-order valence-electron chi connectivity index (χ1n) is 10.2. The number of rotatable bonds is 5. The summed E-state index contributed by atoms with van der Waals surface area (Å²) in [5.41, 5.74) is 2.99. The van der Waals surface area contributed by atoms with Crippen molar-refractivity contribution in [1.82, 2.24) is 9.62 Å². The minimum atomic E-state index is -3.92. The summed E-state index contributed by atoms with van der Waals surface area (Å²) in [7, 11) is -3.92. The Morgan fingerprint density at radius 2 is 2.00 bits per heavy atom. The molecule has 2 N–H and O–H groups in total. The van der Waals surface area contributed by atoms with Gasteiger partial charge in [-0.2, -0.15) is 4.31 Å². The lowest BCUT2D eigenvalue weighted by Crippen LogP contribution is -2.45. The normalized spacial score (nSPS) is 18.8. The summed E-state index contributed by atoms with van der Waals surface area (Å²) in [5, 5.41) is 5.56. The van der Waals surface area contributed by atoms with Crippen molar-refractivity contribution >= 4 is 27.5 Å². The minimum absolute atomic E-state index is 0.0843. The number of anilines is 1. The van der Waals surface area contributed by atoms with Gasteiger partial charge in [-0.15, -0.1) is 0 Å². The molecule has 0 aliphatic carbocycles. The topological polar surface area (TPSA) is 105 Å². The molecule has 164 valence electrons. The highest BCUT2D eigenvalue weighted by molar-refractivity contribution is 7.89. The number of nitrogens with zero attached hydrogens (tertiary/aromatic N) is 1. The van der Waals surface area contributed by atoms with Crippen LogP contribution in [0.1, 0.15) is 29.5 Å². The van der Waals surface area contributed by atoms with Gasteiger partial charge in [0.25, 0.3) is 5.91 Å². The molecule has 31 heavy (non-hydrogen) atoms. The molecule has 0 spiro atoms. The smallest absolute Gasteiger partial charge is 0.262 e. The fourth-order valence-electron chi connectivity index (χ4n) is 4.02. The van der Waals surface area contributed by atoms with Crippen LogP contribution in [0.4, 0.5) is 5.69 Å². The van der Waals surface area contributed by atoms with E-state index in [1.54, 1.807) is 13.0 Å². The molecule has 8 nitrogen and oxygen atoms in total. The summed E-state index contributed by atoms with van der Waals surface area (Å²) in [4.78, 5) is 24.5. The van der Waals surface area contributed by atoms with Gasteiger partial charge in [0.15, 0.2) is 6.61 Å². The Morgan fingerprint density at radius 1 is 1.23 bits per heavy atom. The lowest BCUT2D eigenvalue weighted by atomic mass is 10.1. The third kappa shape index (κ3) is 4.15. The third-order valence-electron chi connectivity index (χ3n) is 5.72. The van der Waals surface area contributed by atoms with Crippen LogP contribution in [0.25, 0.3) is 0 Å². The summed E-state index contributed by atoms with van der Waals surface area (Å²) in [6.07, 6.45) is 1.08. The predicted octanol–water partition coefficient (Wildman–Crippen LogP) is 2.10. The Balaban J connectivity index is 1.56. The van der Waals surface area contributed by atoms with Crippen LogP contribution in [0.3, 0.4) is 0 Å². The largest absolute Gasteiger partial charge is 0.482 e. The van der Waals surface area contributed by atoms with E-state index in [4.69, 9.17) is 4.74 Å². The Bertz CT molecular complexity index is 1150. The number of hydrogen-bond acceptors (Lipinski definition) is 5. The lowest BCUT2D eigenvalue weighted by molar-refractivity contribution is -0.124. The van der Waals surface area contributed by atoms with Gasteiger partial charge >= 0.3 is 0 Å². The molecule has 1 saturated heterocycles. The van der Waals surface area contributed by atoms with Crippen molar-refractivity contribution in [3.63, 3.8) is 0 Å². The SMILES string of the molecule is Cc1ccccc1CNC(=O)[C@@H]1CCCN1S(=O)(=O)c1cc2c(cc1C)NC(=O)CO2. The number of carbonyl (C=O) groups excluding carboxylic acids is 2. The van der Waals surface area contributed by atoms with Gasteiger partial charge in [-0.1, -0.05) is 24.3 Å². The van der Waals surface area contributed by atoms with Crippen molar-refractivity contribution in [3.8, 4) is 5.75 Å². The van der Waals surface area contributed by atoms with E-state index >= 15 is 0 Å². The van der Waals surface area contributed by atoms with E-state index in [-0.39, 0.29) is 29.9 Å². The van der Waals surface area contributed by atoms with Crippen LogP contribution >= 0.6 is 0 Å². The molecule has 4 rings (SSSR count). The average molecular weight is 444 g/mol. The van der Waals surface area contributed by atoms with Crippen molar-refractivity contribution in [3.05, 3.63) is 53.1 Å². The zero-order valence-corrected chi connectivity index (χ0v) is 18.3. The van der Waals surface area contributed by atoms with Gasteiger partial charge in [-0.3, -0.25) is 9.59 Å². The Morgan fingerprint density at radius 3 is 2.77 bits per heavy atom. The molecule has 1 atom stereocenters. The van der Waals surface area contributed by atoms with E-state index < -0.39 is 16.1 Å². The summed E-state index contributed by atoms with van der Waals surface area (Å²) in [6, 6.07) is 10.0. The van der Waals surface area contributed by atoms with Crippen LogP contribution in [-0.4, -0.2) is 43.7 Å². The van der Waals surface area contributed by atoms with Crippen LogP contribution in [0, 0.1) is 13.8 Å². The van der Waals surface area contributed by atoms with Gasteiger partial charge in [0.2, 0.25) is 15.9 Å². The number of aryl methyl sites for hydroxylation is 2. The van der Waals surface area contributed by atoms with Crippen LogP contribution in [-0.2, 0) is 26.2 Å². The van der Waals surface area contributed by atoms with Crippen molar-refractivity contribution < 1.29 is 22.7 Å². The van der Waals surface area contributed by atoms with Crippen molar-refractivity contribution in [2.75, 3.05) is 18.5 Å². The van der Waals surface area contributed by atoms with Gasteiger partial charge in [0.05, 0.1) is 10.6 Å². The highest BCUT2D eigenvalue weighted by Crippen LogP contribution is 2.36. The molecule has 2 heterocycles.